The van der Waals surface area contributed by atoms with Crippen molar-refractivity contribution in [3.63, 3.8) is 0 Å². The number of nitrogens with one attached hydrogen (secondary N) is 2. The van der Waals surface area contributed by atoms with E-state index in [0.29, 0.717) is 17.0 Å². The average Bonchev–Trinajstić information content (AvgIpc) is 2.50. The van der Waals surface area contributed by atoms with Gasteiger partial charge in [0.15, 0.2) is 17.0 Å². The van der Waals surface area contributed by atoms with Crippen molar-refractivity contribution < 1.29 is 0 Å². The van der Waals surface area contributed by atoms with E-state index < -0.39 is 0 Å². The molecule has 116 valence electrons. The summed E-state index contributed by atoms with van der Waals surface area (Å²) in [4.78, 5) is 12.9. The van der Waals surface area contributed by atoms with Crippen molar-refractivity contribution >= 4 is 46.5 Å². The summed E-state index contributed by atoms with van der Waals surface area (Å²) in [6.07, 6.45) is 1.07. The maximum absolute atomic E-state index is 8.33. The van der Waals surface area contributed by atoms with Crippen LogP contribution < -0.4 is 10.4 Å². The minimum atomic E-state index is 0.146. The van der Waals surface area contributed by atoms with Crippen molar-refractivity contribution in [2.45, 2.75) is 0 Å². The van der Waals surface area contributed by atoms with Crippen LogP contribution in [0.5, 0.6) is 0 Å². The van der Waals surface area contributed by atoms with E-state index in [0.717, 1.165) is 32.5 Å². The van der Waals surface area contributed by atoms with Crippen molar-refractivity contribution in [3.05, 3.63) is 21.7 Å². The number of nitrogens with zero attached hydrogens (tertiary/aromatic N) is 5. The minimum absolute atomic E-state index is 0.146. The summed E-state index contributed by atoms with van der Waals surface area (Å²) in [5.41, 5.74) is 1.02. The van der Waals surface area contributed by atoms with E-state index >= 15 is 0 Å². The van der Waals surface area contributed by atoms with Gasteiger partial charge in [-0.15, -0.1) is 0 Å². The third kappa shape index (κ3) is 2.55. The van der Waals surface area contributed by atoms with Crippen LogP contribution in [0.3, 0.4) is 0 Å². The van der Waals surface area contributed by atoms with Crippen LogP contribution in [0.15, 0.2) is 6.07 Å². The van der Waals surface area contributed by atoms with Gasteiger partial charge in [-0.2, -0.15) is 0 Å². The zero-order valence-electron chi connectivity index (χ0n) is 12.0. The molecule has 0 unspecified atom stereocenters. The number of piperazine rings is 1. The standard InChI is InChI=1S/C13H15Cl2N7/c1-20-2-4-21(5-3-20)13-11(17)22(7-16)9-6-8(14)10(15)18-12(9)19-13/h6-7,16-17H,2-5H2,1H3. The molecule has 1 aliphatic heterocycles. The molecule has 3 rings (SSSR count). The molecule has 0 spiro atoms. The largest absolute Gasteiger partial charge is 0.351 e. The number of anilines is 1. The van der Waals surface area contributed by atoms with Crippen molar-refractivity contribution in [1.82, 2.24) is 19.4 Å². The lowest BCUT2D eigenvalue weighted by Gasteiger charge is -2.33. The molecule has 0 atom stereocenters. The zero-order valence-corrected chi connectivity index (χ0v) is 13.5. The van der Waals surface area contributed by atoms with Crippen molar-refractivity contribution in [2.75, 3.05) is 38.1 Å². The molecule has 9 heteroatoms. The molecule has 3 heterocycles. The summed E-state index contributed by atoms with van der Waals surface area (Å²) >= 11 is 11.9. The zero-order chi connectivity index (χ0) is 15.9. The van der Waals surface area contributed by atoms with Crippen LogP contribution in [-0.2, 0) is 0 Å². The maximum Gasteiger partial charge on any atom is 0.180 e. The summed E-state index contributed by atoms with van der Waals surface area (Å²) in [5, 5.41) is 16.4. The molecule has 0 aromatic carbocycles. The van der Waals surface area contributed by atoms with E-state index in [1.165, 1.54) is 4.57 Å². The molecule has 2 aromatic rings. The number of hydrogen-bond acceptors (Lipinski definition) is 6. The summed E-state index contributed by atoms with van der Waals surface area (Å²) < 4.78 is 1.41. The summed E-state index contributed by atoms with van der Waals surface area (Å²) in [6, 6.07) is 1.58. The molecule has 1 aliphatic rings. The fourth-order valence-electron chi connectivity index (χ4n) is 2.46. The molecule has 1 fully saturated rings. The number of aromatic nitrogens is 3. The van der Waals surface area contributed by atoms with Crippen LogP contribution in [-0.4, -0.2) is 59.0 Å². The van der Waals surface area contributed by atoms with Crippen LogP contribution in [0, 0.1) is 10.8 Å². The predicted molar refractivity (Wildman–Crippen MR) is 87.3 cm³/mol. The van der Waals surface area contributed by atoms with E-state index in [-0.39, 0.29) is 15.7 Å². The molecule has 0 aliphatic carbocycles. The Bertz CT molecular complexity index is 793. The van der Waals surface area contributed by atoms with Gasteiger partial charge >= 0.3 is 0 Å². The van der Waals surface area contributed by atoms with E-state index in [1.54, 1.807) is 6.07 Å². The SMILES string of the molecule is CN1CCN(c2nc3nc(Cl)c(Cl)cc3n(C=N)c2=N)CC1. The lowest BCUT2D eigenvalue weighted by molar-refractivity contribution is 0.311. The van der Waals surface area contributed by atoms with Crippen LogP contribution in [0.1, 0.15) is 0 Å². The molecule has 7 nitrogen and oxygen atoms in total. The number of halogens is 2. The average molecular weight is 340 g/mol. The first-order valence-electron chi connectivity index (χ1n) is 6.78. The van der Waals surface area contributed by atoms with E-state index in [2.05, 4.69) is 21.9 Å². The Morgan fingerprint density at radius 1 is 1.18 bits per heavy atom. The van der Waals surface area contributed by atoms with Gasteiger partial charge in [0, 0.05) is 26.2 Å². The quantitative estimate of drug-likeness (QED) is 0.492. The third-order valence-corrected chi connectivity index (χ3v) is 4.42. The Morgan fingerprint density at radius 2 is 1.86 bits per heavy atom. The Hall–Kier alpha value is -1.70. The monoisotopic (exact) mass is 339 g/mol. The Labute approximate surface area is 137 Å². The molecule has 22 heavy (non-hydrogen) atoms. The van der Waals surface area contributed by atoms with Crippen molar-refractivity contribution in [1.29, 1.82) is 10.8 Å². The van der Waals surface area contributed by atoms with Crippen LogP contribution >= 0.6 is 23.2 Å². The Morgan fingerprint density at radius 3 is 2.50 bits per heavy atom. The van der Waals surface area contributed by atoms with Gasteiger partial charge in [-0.05, 0) is 13.1 Å². The second kappa shape index (κ2) is 5.83. The molecule has 0 radical (unpaired) electrons. The lowest BCUT2D eigenvalue weighted by Crippen LogP contribution is -2.47. The van der Waals surface area contributed by atoms with E-state index in [9.17, 15) is 0 Å². The highest BCUT2D eigenvalue weighted by molar-refractivity contribution is 6.41. The maximum atomic E-state index is 8.33. The lowest BCUT2D eigenvalue weighted by atomic mass is 10.3. The second-order valence-corrected chi connectivity index (χ2v) is 5.94. The predicted octanol–water partition coefficient (Wildman–Crippen LogP) is 1.42. The Kier molecular flexibility index (Phi) is 4.03. The van der Waals surface area contributed by atoms with Gasteiger partial charge < -0.3 is 9.80 Å². The third-order valence-electron chi connectivity index (χ3n) is 3.75. The molecule has 2 aromatic heterocycles. The molecule has 0 amide bonds. The summed E-state index contributed by atoms with van der Waals surface area (Å²) in [7, 11) is 2.06. The number of pyridine rings is 1. The summed E-state index contributed by atoms with van der Waals surface area (Å²) in [5.74, 6) is 0.509. The van der Waals surface area contributed by atoms with Gasteiger partial charge in [0.05, 0.1) is 16.9 Å². The number of rotatable bonds is 2. The minimum Gasteiger partial charge on any atom is -0.351 e. The normalized spacial score (nSPS) is 16.2. The highest BCUT2D eigenvalue weighted by atomic mass is 35.5. The molecule has 1 saturated heterocycles. The molecular formula is C13H15Cl2N7. The van der Waals surface area contributed by atoms with Gasteiger partial charge in [0.2, 0.25) is 0 Å². The first kappa shape index (κ1) is 15.2. The van der Waals surface area contributed by atoms with Gasteiger partial charge in [-0.25, -0.2) is 9.97 Å². The highest BCUT2D eigenvalue weighted by Gasteiger charge is 2.20. The van der Waals surface area contributed by atoms with Gasteiger partial charge in [-0.1, -0.05) is 23.2 Å². The van der Waals surface area contributed by atoms with E-state index in [4.69, 9.17) is 34.0 Å². The topological polar surface area (TPSA) is 84.9 Å². The Balaban J connectivity index is 2.19. The highest BCUT2D eigenvalue weighted by Crippen LogP contribution is 2.24. The van der Waals surface area contributed by atoms with Crippen LogP contribution in [0.25, 0.3) is 11.2 Å². The first-order valence-corrected chi connectivity index (χ1v) is 7.54. The molecular weight excluding hydrogens is 325 g/mol. The molecule has 0 saturated carbocycles. The van der Waals surface area contributed by atoms with Crippen molar-refractivity contribution in [2.24, 2.45) is 0 Å². The van der Waals surface area contributed by atoms with Crippen LogP contribution in [0.4, 0.5) is 5.82 Å². The second-order valence-electron chi connectivity index (χ2n) is 5.18. The smallest absolute Gasteiger partial charge is 0.180 e. The van der Waals surface area contributed by atoms with Crippen LogP contribution in [0.2, 0.25) is 10.2 Å². The fraction of sp³-hybridized carbons (Fsp3) is 0.385. The number of hydrogen-bond donors (Lipinski definition) is 2. The summed E-state index contributed by atoms with van der Waals surface area (Å²) in [6.45, 7) is 3.36. The van der Waals surface area contributed by atoms with Gasteiger partial charge in [-0.3, -0.25) is 15.4 Å². The molecule has 0 bridgehead atoms. The number of likely N-dealkylation sites (N-methyl/N-ethyl adjacent to an activating group) is 1. The van der Waals surface area contributed by atoms with E-state index in [1.807, 2.05) is 4.90 Å². The van der Waals surface area contributed by atoms with Gasteiger partial charge in [0.1, 0.15) is 5.15 Å². The first-order chi connectivity index (χ1) is 10.5. The molecule has 2 N–H and O–H groups in total. The number of fused-ring (bicyclic) bond motifs is 1. The van der Waals surface area contributed by atoms with Gasteiger partial charge in [0.25, 0.3) is 0 Å². The fourth-order valence-corrected chi connectivity index (χ4v) is 2.74. The van der Waals surface area contributed by atoms with Crippen molar-refractivity contribution in [3.8, 4) is 0 Å².